The molecule has 2 aromatic heterocycles. The molecule has 4 heteroatoms. The van der Waals surface area contributed by atoms with E-state index < -0.39 is 0 Å². The predicted molar refractivity (Wildman–Crippen MR) is 67.5 cm³/mol. The zero-order valence-electron chi connectivity index (χ0n) is 9.84. The molecule has 0 aliphatic rings. The first kappa shape index (κ1) is 11.4. The van der Waals surface area contributed by atoms with Crippen LogP contribution in [-0.4, -0.2) is 9.55 Å². The first-order valence-electron chi connectivity index (χ1n) is 5.45. The van der Waals surface area contributed by atoms with E-state index in [1.807, 2.05) is 19.4 Å². The topological polar surface area (TPSA) is 29.9 Å². The number of nitrogens with one attached hydrogen (secondary N) is 1. The Bertz CT molecular complexity index is 433. The van der Waals surface area contributed by atoms with Gasteiger partial charge in [0.25, 0.3) is 0 Å². The molecule has 2 rings (SSSR count). The fourth-order valence-corrected chi connectivity index (χ4v) is 2.61. The van der Waals surface area contributed by atoms with Crippen LogP contribution in [0.15, 0.2) is 29.9 Å². The molecule has 2 atom stereocenters. The Kier molecular flexibility index (Phi) is 3.41. The number of hydrogen-bond acceptors (Lipinski definition) is 3. The summed E-state index contributed by atoms with van der Waals surface area (Å²) in [6, 6.07) is 4.88. The van der Waals surface area contributed by atoms with Crippen molar-refractivity contribution in [2.24, 2.45) is 7.05 Å². The predicted octanol–water partition coefficient (Wildman–Crippen LogP) is 2.89. The molecule has 0 bridgehead atoms. The van der Waals surface area contributed by atoms with Gasteiger partial charge >= 0.3 is 0 Å². The van der Waals surface area contributed by atoms with Crippen LogP contribution in [0.25, 0.3) is 0 Å². The van der Waals surface area contributed by atoms with Crippen LogP contribution in [0, 0.1) is 0 Å². The zero-order chi connectivity index (χ0) is 11.5. The maximum atomic E-state index is 4.35. The van der Waals surface area contributed by atoms with E-state index in [4.69, 9.17) is 0 Å². The Morgan fingerprint density at radius 3 is 2.75 bits per heavy atom. The van der Waals surface area contributed by atoms with Gasteiger partial charge in [-0.15, -0.1) is 11.3 Å². The molecule has 0 saturated heterocycles. The van der Waals surface area contributed by atoms with E-state index >= 15 is 0 Å². The standard InChI is InChI=1S/C12H17N3S/c1-9(11-5-4-8-16-11)14-10(2)12-13-6-7-15(12)3/h4-10,14H,1-3H3. The molecule has 3 nitrogen and oxygen atoms in total. The van der Waals surface area contributed by atoms with Crippen molar-refractivity contribution in [2.75, 3.05) is 0 Å². The van der Waals surface area contributed by atoms with Crippen LogP contribution in [0.2, 0.25) is 0 Å². The highest BCUT2D eigenvalue weighted by molar-refractivity contribution is 7.10. The van der Waals surface area contributed by atoms with Crippen LogP contribution in [0.3, 0.4) is 0 Å². The SMILES string of the molecule is CC(NC(C)c1nccn1C)c1cccs1. The number of aromatic nitrogens is 2. The number of thiophene rings is 1. The molecule has 0 aliphatic heterocycles. The van der Waals surface area contributed by atoms with Gasteiger partial charge in [0.05, 0.1) is 6.04 Å². The van der Waals surface area contributed by atoms with Crippen LogP contribution >= 0.6 is 11.3 Å². The minimum absolute atomic E-state index is 0.261. The van der Waals surface area contributed by atoms with E-state index in [2.05, 4.69) is 46.2 Å². The third kappa shape index (κ3) is 2.33. The normalized spacial score (nSPS) is 14.9. The van der Waals surface area contributed by atoms with Gasteiger partial charge in [0.15, 0.2) is 0 Å². The van der Waals surface area contributed by atoms with E-state index in [-0.39, 0.29) is 6.04 Å². The Hall–Kier alpha value is -1.13. The average Bonchev–Trinajstić information content (AvgIpc) is 2.86. The summed E-state index contributed by atoms with van der Waals surface area (Å²) >= 11 is 1.78. The van der Waals surface area contributed by atoms with E-state index in [1.54, 1.807) is 11.3 Å². The molecule has 2 unspecified atom stereocenters. The Morgan fingerprint density at radius 1 is 1.38 bits per heavy atom. The van der Waals surface area contributed by atoms with Gasteiger partial charge in [0.1, 0.15) is 5.82 Å². The van der Waals surface area contributed by atoms with Crippen molar-refractivity contribution in [2.45, 2.75) is 25.9 Å². The second kappa shape index (κ2) is 4.80. The zero-order valence-corrected chi connectivity index (χ0v) is 10.7. The van der Waals surface area contributed by atoms with Gasteiger partial charge in [-0.1, -0.05) is 6.07 Å². The molecule has 0 spiro atoms. The van der Waals surface area contributed by atoms with Gasteiger partial charge in [-0.25, -0.2) is 4.98 Å². The fourth-order valence-electron chi connectivity index (χ4n) is 1.86. The molecule has 0 amide bonds. The molecule has 1 N–H and O–H groups in total. The molecular formula is C12H17N3S. The molecule has 0 aliphatic carbocycles. The maximum Gasteiger partial charge on any atom is 0.125 e. The number of rotatable bonds is 4. The highest BCUT2D eigenvalue weighted by Gasteiger charge is 2.14. The van der Waals surface area contributed by atoms with Crippen molar-refractivity contribution in [3.05, 3.63) is 40.6 Å². The highest BCUT2D eigenvalue weighted by atomic mass is 32.1. The molecule has 16 heavy (non-hydrogen) atoms. The fraction of sp³-hybridized carbons (Fsp3) is 0.417. The molecule has 0 fully saturated rings. The van der Waals surface area contributed by atoms with Crippen LogP contribution in [0.1, 0.15) is 36.6 Å². The quantitative estimate of drug-likeness (QED) is 0.883. The van der Waals surface area contributed by atoms with Gasteiger partial charge in [-0.2, -0.15) is 0 Å². The molecule has 2 aromatic rings. The number of nitrogens with zero attached hydrogens (tertiary/aromatic N) is 2. The van der Waals surface area contributed by atoms with E-state index in [9.17, 15) is 0 Å². The summed E-state index contributed by atoms with van der Waals surface area (Å²) in [4.78, 5) is 5.72. The minimum atomic E-state index is 0.261. The van der Waals surface area contributed by atoms with Gasteiger partial charge in [0.2, 0.25) is 0 Å². The van der Waals surface area contributed by atoms with Crippen molar-refractivity contribution in [3.63, 3.8) is 0 Å². The Balaban J connectivity index is 2.03. The smallest absolute Gasteiger partial charge is 0.125 e. The first-order valence-corrected chi connectivity index (χ1v) is 6.33. The molecule has 0 saturated carbocycles. The van der Waals surface area contributed by atoms with E-state index in [1.165, 1.54) is 4.88 Å². The number of hydrogen-bond donors (Lipinski definition) is 1. The summed E-state index contributed by atoms with van der Waals surface area (Å²) in [5, 5.41) is 5.66. The monoisotopic (exact) mass is 235 g/mol. The highest BCUT2D eigenvalue weighted by Crippen LogP contribution is 2.21. The summed E-state index contributed by atoms with van der Waals surface area (Å²) in [5.74, 6) is 1.07. The number of aryl methyl sites for hydroxylation is 1. The van der Waals surface area contributed by atoms with Crippen LogP contribution in [0.4, 0.5) is 0 Å². The second-order valence-electron chi connectivity index (χ2n) is 4.02. The Labute approximate surface area is 100 Å². The summed E-state index contributed by atoms with van der Waals surface area (Å²) in [6.07, 6.45) is 3.81. The molecule has 86 valence electrons. The van der Waals surface area contributed by atoms with Crippen molar-refractivity contribution in [3.8, 4) is 0 Å². The largest absolute Gasteiger partial charge is 0.337 e. The lowest BCUT2D eigenvalue weighted by Gasteiger charge is -2.18. The number of imidazole rings is 1. The molecule has 0 radical (unpaired) electrons. The lowest BCUT2D eigenvalue weighted by molar-refractivity contribution is 0.471. The van der Waals surface area contributed by atoms with Crippen molar-refractivity contribution in [1.82, 2.24) is 14.9 Å². The maximum absolute atomic E-state index is 4.35. The summed E-state index contributed by atoms with van der Waals surface area (Å²) in [6.45, 7) is 4.33. The van der Waals surface area contributed by atoms with Gasteiger partial charge in [0, 0.05) is 30.4 Å². The molecular weight excluding hydrogens is 218 g/mol. The lowest BCUT2D eigenvalue weighted by Crippen LogP contribution is -2.24. The van der Waals surface area contributed by atoms with Crippen LogP contribution in [0.5, 0.6) is 0 Å². The van der Waals surface area contributed by atoms with Crippen LogP contribution in [-0.2, 0) is 7.05 Å². The Morgan fingerprint density at radius 2 is 2.19 bits per heavy atom. The van der Waals surface area contributed by atoms with E-state index in [0.717, 1.165) is 5.82 Å². The molecule has 0 aromatic carbocycles. The third-order valence-electron chi connectivity index (χ3n) is 2.72. The third-order valence-corrected chi connectivity index (χ3v) is 3.77. The van der Waals surface area contributed by atoms with Crippen LogP contribution < -0.4 is 5.32 Å². The average molecular weight is 235 g/mol. The second-order valence-corrected chi connectivity index (χ2v) is 5.00. The van der Waals surface area contributed by atoms with Gasteiger partial charge in [-0.05, 0) is 25.3 Å². The summed E-state index contributed by atoms with van der Waals surface area (Å²) in [7, 11) is 2.02. The lowest BCUT2D eigenvalue weighted by atomic mass is 10.2. The van der Waals surface area contributed by atoms with Crippen molar-refractivity contribution >= 4 is 11.3 Å². The summed E-state index contributed by atoms with van der Waals surface area (Å²) < 4.78 is 2.05. The van der Waals surface area contributed by atoms with Gasteiger partial charge in [-0.3, -0.25) is 0 Å². The molecule has 2 heterocycles. The van der Waals surface area contributed by atoms with Crippen molar-refractivity contribution < 1.29 is 0 Å². The van der Waals surface area contributed by atoms with Gasteiger partial charge < -0.3 is 9.88 Å². The van der Waals surface area contributed by atoms with E-state index in [0.29, 0.717) is 6.04 Å². The summed E-state index contributed by atoms with van der Waals surface area (Å²) in [5.41, 5.74) is 0. The van der Waals surface area contributed by atoms with Crippen molar-refractivity contribution in [1.29, 1.82) is 0 Å². The minimum Gasteiger partial charge on any atom is -0.337 e. The first-order chi connectivity index (χ1) is 7.68.